The number of carbonyl (C=O) groups is 6. The molecule has 0 saturated carbocycles. The Morgan fingerprint density at radius 3 is 1.10 bits per heavy atom. The predicted octanol–water partition coefficient (Wildman–Crippen LogP) is 21.0. The number of Topliss-reactive ketones (excluding diaryl/α,β-unsaturated/α-hetero) is 5. The van der Waals surface area contributed by atoms with Crippen molar-refractivity contribution in [2.75, 3.05) is 104 Å². The van der Waals surface area contributed by atoms with Crippen LogP contribution in [-0.4, -0.2) is 221 Å². The highest BCUT2D eigenvalue weighted by Gasteiger charge is 2.32. The Balaban J connectivity index is 0.000000146. The van der Waals surface area contributed by atoms with Crippen molar-refractivity contribution in [2.24, 2.45) is 0 Å². The van der Waals surface area contributed by atoms with Crippen molar-refractivity contribution < 1.29 is 37.2 Å². The van der Waals surface area contributed by atoms with E-state index in [0.29, 0.717) is 145 Å². The van der Waals surface area contributed by atoms with Crippen molar-refractivity contribution >= 4 is 112 Å². The fourth-order valence-corrected chi connectivity index (χ4v) is 20.9. The molecule has 12 aromatic rings. The van der Waals surface area contributed by atoms with Gasteiger partial charge in [0, 0.05) is 115 Å². The number of hydrogen-bond acceptors (Lipinski definition) is 16. The Bertz CT molecular complexity index is 6650. The van der Waals surface area contributed by atoms with E-state index in [2.05, 4.69) is 79.1 Å². The van der Waals surface area contributed by atoms with Gasteiger partial charge in [0.05, 0.1) is 132 Å². The maximum atomic E-state index is 13.5. The molecule has 4 aromatic carbocycles. The number of piperidine rings is 4. The lowest BCUT2D eigenvalue weighted by Gasteiger charge is -2.32. The van der Waals surface area contributed by atoms with Gasteiger partial charge in [-0.25, -0.2) is 32.1 Å². The SMILES string of the molecule is [C-]#[N+]c1ccc(-n2c(C)c(C(=O)CN3CCCCC3)c3ncc(CC(=O)N4CCCC4)cc32)cc1.[C-]#[N+]c1ccc(-n2c(C)c(C(=O)CN3CCCCC3)c3ncc(CCC(=O)CCCCC)cc32)cc1.[C-]#[N+]c1ccc(-n2c(C)c(C(=O)CN3CCCCC3)c3ncc(CCN(CC)S(C)(=O)=O)cc32)cc1.[C-]#[N+]c1ccc(-n2c(C)c(C(=O)CN3CCCC[C@@H]3C)c3ncc(C)cc32)cc1. The average Bonchev–Trinajstić information content (AvgIpc) is 1.62. The first kappa shape index (κ1) is 99.1. The minimum atomic E-state index is -3.28. The van der Waals surface area contributed by atoms with Crippen LogP contribution >= 0.6 is 0 Å². The molecule has 26 nitrogen and oxygen atoms in total. The molecule has 0 N–H and O–H groups in total. The zero-order valence-corrected chi connectivity index (χ0v) is 81.1. The van der Waals surface area contributed by atoms with Crippen molar-refractivity contribution in [3.05, 3.63) is 259 Å². The van der Waals surface area contributed by atoms with Gasteiger partial charge in [-0.15, -0.1) is 0 Å². The van der Waals surface area contributed by atoms with Crippen LogP contribution < -0.4 is 0 Å². The summed E-state index contributed by atoms with van der Waals surface area (Å²) >= 11 is 0. The van der Waals surface area contributed by atoms with Crippen molar-refractivity contribution in [3.63, 3.8) is 0 Å². The highest BCUT2D eigenvalue weighted by Crippen LogP contribution is 2.38. The number of rotatable bonds is 30. The number of benzene rings is 4. The number of likely N-dealkylation sites (tertiary alicyclic amines) is 5. The second-order valence-electron chi connectivity index (χ2n) is 37.0. The van der Waals surface area contributed by atoms with Crippen molar-refractivity contribution in [1.82, 2.24) is 67.0 Å². The summed E-state index contributed by atoms with van der Waals surface area (Å²) in [5.41, 5.74) is 22.0. The molecule has 0 radical (unpaired) electrons. The molecule has 1 amide bonds. The molecule has 17 rings (SSSR count). The molecule has 1 atom stereocenters. The largest absolute Gasteiger partial charge is 0.342 e. The monoisotopic (exact) mass is 1850 g/mol. The van der Waals surface area contributed by atoms with E-state index in [1.54, 1.807) is 48.8 Å². The average molecular weight is 1850 g/mol. The Morgan fingerprint density at radius 2 is 0.743 bits per heavy atom. The number of ketones is 5. The summed E-state index contributed by atoms with van der Waals surface area (Å²) in [7, 11) is -3.28. The highest BCUT2D eigenvalue weighted by molar-refractivity contribution is 7.88. The summed E-state index contributed by atoms with van der Waals surface area (Å²) < 4.78 is 33.7. The van der Waals surface area contributed by atoms with Gasteiger partial charge in [-0.1, -0.05) is 101 Å². The molecule has 8 aromatic heterocycles. The smallest absolute Gasteiger partial charge is 0.227 e. The summed E-state index contributed by atoms with van der Waals surface area (Å²) in [6.45, 7) is 55.8. The van der Waals surface area contributed by atoms with E-state index in [1.165, 1.54) is 36.2 Å². The van der Waals surface area contributed by atoms with E-state index >= 15 is 0 Å². The third-order valence-corrected chi connectivity index (χ3v) is 28.7. The van der Waals surface area contributed by atoms with Crippen molar-refractivity contribution in [1.29, 1.82) is 0 Å². The minimum absolute atomic E-state index is 0.0606. The Morgan fingerprint density at radius 1 is 0.404 bits per heavy atom. The lowest BCUT2D eigenvalue weighted by Crippen LogP contribution is -2.40. The number of amides is 1. The molecule has 5 aliphatic rings. The van der Waals surface area contributed by atoms with Crippen LogP contribution in [0.3, 0.4) is 0 Å². The summed E-state index contributed by atoms with van der Waals surface area (Å²) in [6.07, 6.45) is 30.3. The molecule has 136 heavy (non-hydrogen) atoms. The quantitative estimate of drug-likeness (QED) is 0.0231. The van der Waals surface area contributed by atoms with Crippen LogP contribution in [0.25, 0.3) is 86.3 Å². The van der Waals surface area contributed by atoms with E-state index < -0.39 is 10.0 Å². The van der Waals surface area contributed by atoms with Crippen molar-refractivity contribution in [2.45, 2.75) is 203 Å². The predicted molar refractivity (Wildman–Crippen MR) is 539 cm³/mol. The van der Waals surface area contributed by atoms with Gasteiger partial charge in [0.15, 0.2) is 45.9 Å². The fourth-order valence-electron chi connectivity index (χ4n) is 20.0. The summed E-state index contributed by atoms with van der Waals surface area (Å²) in [5, 5.41) is 0. The minimum Gasteiger partial charge on any atom is -0.342 e. The van der Waals surface area contributed by atoms with E-state index in [4.69, 9.17) is 41.2 Å². The van der Waals surface area contributed by atoms with E-state index in [9.17, 15) is 37.2 Å². The molecule has 0 aliphatic carbocycles. The molecule has 5 saturated heterocycles. The number of pyridine rings is 4. The van der Waals surface area contributed by atoms with Crippen LogP contribution in [0, 0.1) is 60.9 Å². The van der Waals surface area contributed by atoms with Gasteiger partial charge in [-0.2, -0.15) is 0 Å². The third kappa shape index (κ3) is 23.6. The zero-order chi connectivity index (χ0) is 96.3. The molecule has 13 heterocycles. The third-order valence-electron chi connectivity index (χ3n) is 27.3. The molecule has 706 valence electrons. The summed E-state index contributed by atoms with van der Waals surface area (Å²) in [6, 6.07) is 38.2. The molecule has 0 spiro atoms. The first-order valence-corrected chi connectivity index (χ1v) is 50.3. The highest BCUT2D eigenvalue weighted by atomic mass is 32.2. The maximum absolute atomic E-state index is 13.5. The molecule has 27 heteroatoms. The van der Waals surface area contributed by atoms with Gasteiger partial charge in [-0.05, 0) is 266 Å². The number of nitrogens with zero attached hydrogens (tertiary/aromatic N) is 18. The van der Waals surface area contributed by atoms with Crippen LogP contribution in [0.4, 0.5) is 22.7 Å². The van der Waals surface area contributed by atoms with E-state index in [0.717, 1.165) is 238 Å². The number of hydrogen-bond donors (Lipinski definition) is 0. The van der Waals surface area contributed by atoms with Crippen LogP contribution in [-0.2, 0) is 38.9 Å². The number of aryl methyl sites for hydroxylation is 2. The fraction of sp³-hybridized carbons (Fsp3) is 0.431. The Labute approximate surface area is 800 Å². The molecule has 0 unspecified atom stereocenters. The number of likely N-dealkylation sites (N-methyl/N-ethyl adjacent to an activating group) is 1. The molecule has 5 fully saturated rings. The van der Waals surface area contributed by atoms with Gasteiger partial charge < -0.3 is 23.2 Å². The number of fused-ring (bicyclic) bond motifs is 4. The van der Waals surface area contributed by atoms with Crippen LogP contribution in [0.1, 0.15) is 229 Å². The zero-order valence-electron chi connectivity index (χ0n) is 80.3. The van der Waals surface area contributed by atoms with Crippen LogP contribution in [0.5, 0.6) is 0 Å². The van der Waals surface area contributed by atoms with Crippen LogP contribution in [0.15, 0.2) is 146 Å². The topological polar surface area (TPSA) is 245 Å². The first-order valence-electron chi connectivity index (χ1n) is 48.5. The second-order valence-corrected chi connectivity index (χ2v) is 39.0. The number of sulfonamides is 1. The number of unbranched alkanes of at least 4 members (excludes halogenated alkanes) is 2. The number of aromatic nitrogens is 8. The Hall–Kier alpha value is -12.8. The number of carbonyl (C=O) groups excluding carboxylic acids is 6. The standard InChI is InChI=1S/C30H36N4O2.C28H31N5O2.C27H33N5O3S.C24H26N4O/c1-4-5-7-10-26(35)16-11-23-19-27-30(32-20-23)29(28(36)21-33-17-8-6-9-18-33)22(2)34(27)25-14-12-24(31-3)13-15-25;1-20-27(25(34)19-31-12-4-3-5-13-31)28-24(33(20)23-10-8-22(29-2)9-11-23)16-21(18-30-28)17-26(35)32-14-6-7-15-32;1-5-31(36(4,34)35)16-13-21-17-24-27(29-18-21)26(25(33)19-30-14-7-6-8-15-30)20(2)32(24)23-11-9-22(28-3)10-12-23;1-16-13-21-24(26-14-16)23(22(29)15-27-12-6-5-7-17(27)2)18(3)28(21)20-10-8-19(25-4)9-11-20/h12-15,19-20H,4-11,16-18,21H2,1-2H3;8-11,16,18H,3-7,12-15,17,19H2,1H3;9-12,17-18H,5-8,13-16,19H2,1-2,4H3;8-11,13-14,17H,5-7,12,15H2,1-3H3/t;;;17-/m...0/s1. The van der Waals surface area contributed by atoms with Crippen molar-refractivity contribution in [3.8, 4) is 22.7 Å². The first-order chi connectivity index (χ1) is 65.8. The molecule has 5 aliphatic heterocycles. The molecular weight excluding hydrogens is 1720 g/mol. The van der Waals surface area contributed by atoms with Gasteiger partial charge in [0.25, 0.3) is 0 Å². The second kappa shape index (κ2) is 46.1. The van der Waals surface area contributed by atoms with Gasteiger partial charge in [-0.3, -0.25) is 68.3 Å². The van der Waals surface area contributed by atoms with Gasteiger partial charge >= 0.3 is 0 Å². The van der Waals surface area contributed by atoms with Crippen LogP contribution in [0.2, 0.25) is 0 Å². The summed E-state index contributed by atoms with van der Waals surface area (Å²) in [4.78, 5) is 123. The van der Waals surface area contributed by atoms with E-state index in [-0.39, 0.29) is 29.0 Å². The maximum Gasteiger partial charge on any atom is 0.227 e. The van der Waals surface area contributed by atoms with Gasteiger partial charge in [0.1, 0.15) is 5.78 Å². The Kier molecular flexibility index (Phi) is 33.6. The lowest BCUT2D eigenvalue weighted by atomic mass is 10.0. The molecule has 0 bridgehead atoms. The lowest BCUT2D eigenvalue weighted by molar-refractivity contribution is -0.129. The van der Waals surface area contributed by atoms with E-state index in [1.807, 2.05) is 141 Å². The normalized spacial score (nSPS) is 15.6. The van der Waals surface area contributed by atoms with Gasteiger partial charge in [0.2, 0.25) is 15.9 Å². The molecular formula is C109H126N18O8S. The summed E-state index contributed by atoms with van der Waals surface area (Å²) in [5.74, 6) is 0.796.